The molecule has 0 spiro atoms. The number of benzene rings is 1. The molecule has 1 aromatic carbocycles. The predicted octanol–water partition coefficient (Wildman–Crippen LogP) is 4.48. The molecule has 1 fully saturated rings. The van der Waals surface area contributed by atoms with Crippen molar-refractivity contribution >= 4 is 22.5 Å². The maximum Gasteiger partial charge on any atom is 0.110 e. The molecule has 1 N–H and O–H groups in total. The zero-order chi connectivity index (χ0) is 16.0. The maximum atomic E-state index is 9.15. The first-order valence-corrected chi connectivity index (χ1v) is 9.00. The molecule has 3 atom stereocenters. The number of hydrogen-bond acceptors (Lipinski definition) is 2. The fraction of sp³-hybridized carbons (Fsp3) is 0.526. The summed E-state index contributed by atoms with van der Waals surface area (Å²) in [6, 6.07) is 9.44. The zero-order valence-corrected chi connectivity index (χ0v) is 14.2. The van der Waals surface area contributed by atoms with Crippen LogP contribution in [0.3, 0.4) is 0 Å². The van der Waals surface area contributed by atoms with E-state index in [1.165, 1.54) is 16.5 Å². The van der Waals surface area contributed by atoms with E-state index >= 15 is 0 Å². The van der Waals surface area contributed by atoms with E-state index in [0.717, 1.165) is 43.0 Å². The Hall–Kier alpha value is -1.50. The molecule has 23 heavy (non-hydrogen) atoms. The van der Waals surface area contributed by atoms with Gasteiger partial charge >= 0.3 is 0 Å². The third-order valence-electron chi connectivity index (χ3n) is 5.62. The molecule has 4 rings (SSSR count). The summed E-state index contributed by atoms with van der Waals surface area (Å²) in [7, 11) is 0. The molecule has 1 unspecified atom stereocenters. The largest absolute Gasteiger partial charge is 0.345 e. The lowest BCUT2D eigenvalue weighted by molar-refractivity contribution is 0.0861. The summed E-state index contributed by atoms with van der Waals surface area (Å²) in [5, 5.41) is 11.3. The summed E-state index contributed by atoms with van der Waals surface area (Å²) in [5.74, 6) is 1.01. The SMILES string of the molecule is CCCN1CC(CC#N)C[C@H]2c3cccc4[nH]c(Cl)c(c34)C[C@@H]21. The van der Waals surface area contributed by atoms with Crippen molar-refractivity contribution < 1.29 is 0 Å². The highest BCUT2D eigenvalue weighted by atomic mass is 35.5. The van der Waals surface area contributed by atoms with Crippen LogP contribution >= 0.6 is 11.6 Å². The number of nitriles is 1. The van der Waals surface area contributed by atoms with E-state index in [2.05, 4.69) is 41.1 Å². The topological polar surface area (TPSA) is 42.8 Å². The molecule has 0 bridgehead atoms. The van der Waals surface area contributed by atoms with E-state index in [1.807, 2.05) is 0 Å². The van der Waals surface area contributed by atoms with Crippen molar-refractivity contribution in [1.82, 2.24) is 9.88 Å². The van der Waals surface area contributed by atoms with Crippen LogP contribution in [0.1, 0.15) is 43.2 Å². The van der Waals surface area contributed by atoms with E-state index in [4.69, 9.17) is 16.9 Å². The van der Waals surface area contributed by atoms with Crippen LogP contribution in [0.2, 0.25) is 5.15 Å². The minimum Gasteiger partial charge on any atom is -0.345 e. The van der Waals surface area contributed by atoms with Gasteiger partial charge in [-0.1, -0.05) is 30.7 Å². The minimum atomic E-state index is 0.485. The third kappa shape index (κ3) is 2.36. The van der Waals surface area contributed by atoms with Gasteiger partial charge in [-0.05, 0) is 48.9 Å². The molecule has 1 aromatic heterocycles. The Bertz CT molecular complexity index is 773. The number of likely N-dealkylation sites (tertiary alicyclic amines) is 1. The van der Waals surface area contributed by atoms with Crippen molar-refractivity contribution in [2.45, 2.75) is 44.6 Å². The summed E-state index contributed by atoms with van der Waals surface area (Å²) < 4.78 is 0. The van der Waals surface area contributed by atoms with E-state index in [9.17, 15) is 0 Å². The predicted molar refractivity (Wildman–Crippen MR) is 93.7 cm³/mol. The molecule has 4 heteroatoms. The number of H-pyrrole nitrogens is 1. The average molecular weight is 328 g/mol. The lowest BCUT2D eigenvalue weighted by atomic mass is 9.71. The Morgan fingerprint density at radius 3 is 3.09 bits per heavy atom. The quantitative estimate of drug-likeness (QED) is 0.903. The van der Waals surface area contributed by atoms with Gasteiger partial charge in [0.05, 0.1) is 6.07 Å². The van der Waals surface area contributed by atoms with Crippen LogP contribution in [0, 0.1) is 17.2 Å². The molecule has 120 valence electrons. The van der Waals surface area contributed by atoms with Crippen LogP contribution in [-0.4, -0.2) is 29.0 Å². The second-order valence-corrected chi connectivity index (χ2v) is 7.40. The lowest BCUT2D eigenvalue weighted by Gasteiger charge is -2.47. The van der Waals surface area contributed by atoms with Crippen LogP contribution in [0.25, 0.3) is 10.9 Å². The first kappa shape index (κ1) is 15.1. The Labute approximate surface area is 142 Å². The van der Waals surface area contributed by atoms with E-state index < -0.39 is 0 Å². The lowest BCUT2D eigenvalue weighted by Crippen LogP contribution is -2.50. The summed E-state index contributed by atoms with van der Waals surface area (Å²) >= 11 is 6.49. The van der Waals surface area contributed by atoms with E-state index in [0.29, 0.717) is 24.3 Å². The molecule has 1 aliphatic heterocycles. The van der Waals surface area contributed by atoms with Crippen molar-refractivity contribution in [3.63, 3.8) is 0 Å². The number of aromatic amines is 1. The van der Waals surface area contributed by atoms with Crippen molar-refractivity contribution in [2.24, 2.45) is 5.92 Å². The van der Waals surface area contributed by atoms with Gasteiger partial charge < -0.3 is 4.98 Å². The van der Waals surface area contributed by atoms with E-state index in [1.54, 1.807) is 0 Å². The number of nitrogens with one attached hydrogen (secondary N) is 1. The summed E-state index contributed by atoms with van der Waals surface area (Å²) in [4.78, 5) is 5.96. The van der Waals surface area contributed by atoms with Crippen molar-refractivity contribution in [1.29, 1.82) is 5.26 Å². The summed E-state index contributed by atoms with van der Waals surface area (Å²) in [5.41, 5.74) is 3.88. The number of rotatable bonds is 3. The highest BCUT2D eigenvalue weighted by Gasteiger charge is 2.41. The molecular formula is C19H22ClN3. The smallest absolute Gasteiger partial charge is 0.110 e. The maximum absolute atomic E-state index is 9.15. The molecular weight excluding hydrogens is 306 g/mol. The molecule has 1 saturated heterocycles. The Morgan fingerprint density at radius 1 is 1.43 bits per heavy atom. The van der Waals surface area contributed by atoms with Gasteiger partial charge in [-0.3, -0.25) is 4.90 Å². The first-order valence-electron chi connectivity index (χ1n) is 8.62. The molecule has 0 saturated carbocycles. The second-order valence-electron chi connectivity index (χ2n) is 7.02. The highest BCUT2D eigenvalue weighted by Crippen LogP contribution is 2.46. The standard InChI is InChI=1S/C19H22ClN3/c1-2-8-23-11-12(6-7-21)9-14-13-4-3-5-16-18(13)15(10-17(14)23)19(20)22-16/h3-5,12,14,17,22H,2,6,8-11H2,1H3/t12?,14-,17-/m0/s1. The summed E-state index contributed by atoms with van der Waals surface area (Å²) in [6.45, 7) is 4.40. The van der Waals surface area contributed by atoms with Gasteiger partial charge in [0.25, 0.3) is 0 Å². The number of hydrogen-bond donors (Lipinski definition) is 1. The Morgan fingerprint density at radius 2 is 2.30 bits per heavy atom. The second kappa shape index (κ2) is 5.85. The van der Waals surface area contributed by atoms with Gasteiger partial charge in [0.15, 0.2) is 0 Å². The van der Waals surface area contributed by atoms with Crippen molar-refractivity contribution in [2.75, 3.05) is 13.1 Å². The fourth-order valence-electron chi connectivity index (χ4n) is 4.76. The molecule has 0 radical (unpaired) electrons. The molecule has 2 aliphatic rings. The monoisotopic (exact) mass is 327 g/mol. The summed E-state index contributed by atoms with van der Waals surface area (Å²) in [6.07, 6.45) is 3.97. The number of halogens is 1. The van der Waals surface area contributed by atoms with Gasteiger partial charge in [0, 0.05) is 35.8 Å². The van der Waals surface area contributed by atoms with Gasteiger partial charge in [-0.15, -0.1) is 0 Å². The van der Waals surface area contributed by atoms with Gasteiger partial charge in [-0.25, -0.2) is 0 Å². The number of piperidine rings is 1. The molecule has 0 amide bonds. The van der Waals surface area contributed by atoms with E-state index in [-0.39, 0.29) is 0 Å². The number of nitrogens with zero attached hydrogens (tertiary/aromatic N) is 2. The van der Waals surface area contributed by atoms with Gasteiger partial charge in [0.2, 0.25) is 0 Å². The molecule has 2 heterocycles. The number of fused-ring (bicyclic) bond motifs is 2. The fourth-order valence-corrected chi connectivity index (χ4v) is 5.04. The Kier molecular flexibility index (Phi) is 3.83. The number of aromatic nitrogens is 1. The van der Waals surface area contributed by atoms with Crippen LogP contribution in [0.5, 0.6) is 0 Å². The van der Waals surface area contributed by atoms with Crippen molar-refractivity contribution in [3.05, 3.63) is 34.5 Å². The molecule has 1 aliphatic carbocycles. The molecule has 3 nitrogen and oxygen atoms in total. The highest BCUT2D eigenvalue weighted by molar-refractivity contribution is 6.32. The third-order valence-corrected chi connectivity index (χ3v) is 5.95. The van der Waals surface area contributed by atoms with Crippen LogP contribution in [0.4, 0.5) is 0 Å². The van der Waals surface area contributed by atoms with Crippen LogP contribution in [-0.2, 0) is 6.42 Å². The Balaban J connectivity index is 1.81. The minimum absolute atomic E-state index is 0.485. The van der Waals surface area contributed by atoms with Crippen LogP contribution < -0.4 is 0 Å². The van der Waals surface area contributed by atoms with Gasteiger partial charge in [-0.2, -0.15) is 5.26 Å². The zero-order valence-electron chi connectivity index (χ0n) is 13.5. The van der Waals surface area contributed by atoms with Gasteiger partial charge in [0.1, 0.15) is 5.15 Å². The normalized spacial score (nSPS) is 26.9. The molecule has 2 aromatic rings. The first-order chi connectivity index (χ1) is 11.2. The average Bonchev–Trinajstić information content (AvgIpc) is 2.86. The van der Waals surface area contributed by atoms with Crippen LogP contribution in [0.15, 0.2) is 18.2 Å². The van der Waals surface area contributed by atoms with Crippen molar-refractivity contribution in [3.8, 4) is 6.07 Å².